The maximum Gasteiger partial charge on any atom is 0.255 e. The number of unbranched alkanes of at least 4 members (excludes halogenated alkanes) is 3. The number of benzene rings is 3. The molecule has 5 rings (SSSR count). The van der Waals surface area contributed by atoms with E-state index in [0.717, 1.165) is 67.4 Å². The predicted octanol–water partition coefficient (Wildman–Crippen LogP) is 7.10. The third kappa shape index (κ3) is 9.44. The van der Waals surface area contributed by atoms with Crippen molar-refractivity contribution in [1.82, 2.24) is 0 Å². The van der Waals surface area contributed by atoms with Gasteiger partial charge < -0.3 is 20.1 Å². The Morgan fingerprint density at radius 2 is 1.04 bits per heavy atom. The molecule has 2 heterocycles. The van der Waals surface area contributed by atoms with E-state index in [9.17, 15) is 9.59 Å². The summed E-state index contributed by atoms with van der Waals surface area (Å²) < 4.78 is 15.9. The number of anilines is 2. The molecule has 2 N–H and O–H groups in total. The van der Waals surface area contributed by atoms with Gasteiger partial charge in [0.2, 0.25) is 11.0 Å². The number of amides is 2. The highest BCUT2D eigenvalue weighted by Gasteiger charge is 2.14. The largest absolute Gasteiger partial charge is 0.375 e. The molecular weight excluding hydrogens is 588 g/mol. The third-order valence-corrected chi connectivity index (χ3v) is 8.17. The minimum atomic E-state index is -0.237. The molecule has 0 aliphatic rings. The fourth-order valence-electron chi connectivity index (χ4n) is 5.52. The van der Waals surface area contributed by atoms with E-state index in [-0.39, 0.29) is 11.8 Å². The lowest BCUT2D eigenvalue weighted by Crippen LogP contribution is -2.36. The van der Waals surface area contributed by atoms with Gasteiger partial charge in [0, 0.05) is 70.8 Å². The van der Waals surface area contributed by atoms with Gasteiger partial charge in [-0.25, -0.2) is 0 Å². The molecule has 2 amide bonds. The van der Waals surface area contributed by atoms with Gasteiger partial charge in [0.05, 0.1) is 0 Å². The lowest BCUT2D eigenvalue weighted by atomic mass is 10.1. The maximum absolute atomic E-state index is 13.1. The van der Waals surface area contributed by atoms with Crippen LogP contribution in [0, 0.1) is 0 Å². The van der Waals surface area contributed by atoms with Gasteiger partial charge >= 0.3 is 0 Å². The van der Waals surface area contributed by atoms with Crippen LogP contribution in [-0.2, 0) is 22.6 Å². The summed E-state index contributed by atoms with van der Waals surface area (Å²) in [5.41, 5.74) is 4.51. The molecule has 0 atom stereocenters. The molecule has 0 fully saturated rings. The number of hydrogen-bond donors (Lipinski definition) is 2. The summed E-state index contributed by atoms with van der Waals surface area (Å²) >= 11 is 0. The van der Waals surface area contributed by atoms with Crippen molar-refractivity contribution in [3.05, 3.63) is 108 Å². The Balaban J connectivity index is 1.16. The Morgan fingerprint density at radius 1 is 0.574 bits per heavy atom. The van der Waals surface area contributed by atoms with Crippen LogP contribution in [0.15, 0.2) is 97.3 Å². The minimum Gasteiger partial charge on any atom is -0.375 e. The van der Waals surface area contributed by atoms with Crippen molar-refractivity contribution < 1.29 is 28.2 Å². The molecule has 3 aromatic carbocycles. The summed E-state index contributed by atoms with van der Waals surface area (Å²) in [4.78, 5) is 26.1. The van der Waals surface area contributed by atoms with Gasteiger partial charge in [0.15, 0.2) is 25.5 Å². The first-order valence-corrected chi connectivity index (χ1v) is 16.8. The Bertz CT molecular complexity index is 1790. The zero-order valence-electron chi connectivity index (χ0n) is 27.5. The van der Waals surface area contributed by atoms with Crippen LogP contribution >= 0.6 is 0 Å². The fraction of sp³-hybridized carbons (Fsp3) is 0.333. The molecule has 2 aromatic heterocycles. The van der Waals surface area contributed by atoms with Crippen LogP contribution in [0.5, 0.6) is 0 Å². The molecule has 244 valence electrons. The molecule has 8 nitrogen and oxygen atoms in total. The Morgan fingerprint density at radius 3 is 1.51 bits per heavy atom. The highest BCUT2D eigenvalue weighted by atomic mass is 16.5. The van der Waals surface area contributed by atoms with Gasteiger partial charge in [-0.3, -0.25) is 9.59 Å². The average molecular weight is 635 g/mol. The molecule has 0 aliphatic carbocycles. The second-order valence-electron chi connectivity index (χ2n) is 11.7. The van der Waals surface area contributed by atoms with Crippen molar-refractivity contribution in [2.75, 3.05) is 37.1 Å². The Labute approximate surface area is 277 Å². The van der Waals surface area contributed by atoms with Crippen LogP contribution in [0.25, 0.3) is 21.8 Å². The van der Waals surface area contributed by atoms with E-state index in [2.05, 4.69) is 39.8 Å². The topological polar surface area (TPSA) is 84.4 Å². The second kappa shape index (κ2) is 17.3. The molecule has 0 saturated carbocycles. The zero-order chi connectivity index (χ0) is 32.8. The van der Waals surface area contributed by atoms with Crippen LogP contribution in [-0.4, -0.2) is 38.2 Å². The molecule has 0 unspecified atom stereocenters. The van der Waals surface area contributed by atoms with Crippen molar-refractivity contribution in [3.8, 4) is 0 Å². The smallest absolute Gasteiger partial charge is 0.255 e. The van der Waals surface area contributed by atoms with E-state index in [4.69, 9.17) is 9.47 Å². The summed E-state index contributed by atoms with van der Waals surface area (Å²) in [6.07, 6.45) is 9.76. The van der Waals surface area contributed by atoms with Crippen LogP contribution in [0.4, 0.5) is 11.4 Å². The molecule has 0 saturated heterocycles. The summed E-state index contributed by atoms with van der Waals surface area (Å²) in [5, 5.41) is 8.04. The maximum atomic E-state index is 13.1. The standard InChI is InChI=1S/C39H44N4O4/c1-3-5-7-25-47-27-23-43-21-9-11-33-29-35(17-19-37(33)43)41-39(45)31-14-12-30(13-15-31)38(44)40-34-16-18-36-32(28-34)10-8-20-42(36)22-26-46-24-6-4-2/h8-21,28-29H,3-7,22-27H2,1-2H3/p+2. The number of nitrogens with one attached hydrogen (secondary N) is 2. The van der Waals surface area contributed by atoms with Crippen LogP contribution in [0.1, 0.15) is 66.7 Å². The summed E-state index contributed by atoms with van der Waals surface area (Å²) in [7, 11) is 0. The van der Waals surface area contributed by atoms with E-state index in [0.29, 0.717) is 35.7 Å². The number of pyridine rings is 2. The molecule has 8 heteroatoms. The first-order valence-electron chi connectivity index (χ1n) is 16.8. The molecular formula is C39H46N4O4+2. The van der Waals surface area contributed by atoms with Gasteiger partial charge in [0.25, 0.3) is 11.8 Å². The average Bonchev–Trinajstić information content (AvgIpc) is 3.09. The first-order chi connectivity index (χ1) is 23.1. The lowest BCUT2D eigenvalue weighted by Gasteiger charge is -2.09. The van der Waals surface area contributed by atoms with E-state index in [1.54, 1.807) is 24.3 Å². The summed E-state index contributed by atoms with van der Waals surface area (Å²) in [6, 6.07) is 26.6. The monoisotopic (exact) mass is 634 g/mol. The van der Waals surface area contributed by atoms with E-state index >= 15 is 0 Å². The number of nitrogens with zero attached hydrogens (tertiary/aromatic N) is 2. The van der Waals surface area contributed by atoms with Gasteiger partial charge in [0.1, 0.15) is 13.2 Å². The number of ether oxygens (including phenoxy) is 2. The molecule has 0 radical (unpaired) electrons. The predicted molar refractivity (Wildman–Crippen MR) is 187 cm³/mol. The summed E-state index contributed by atoms with van der Waals surface area (Å²) in [6.45, 7) is 8.78. The van der Waals surface area contributed by atoms with Crippen molar-refractivity contribution in [1.29, 1.82) is 0 Å². The number of aromatic nitrogens is 2. The quantitative estimate of drug-likeness (QED) is 0.0845. The third-order valence-electron chi connectivity index (χ3n) is 8.17. The highest BCUT2D eigenvalue weighted by Crippen LogP contribution is 2.19. The minimum absolute atomic E-state index is 0.237. The molecule has 5 aromatic rings. The summed E-state index contributed by atoms with van der Waals surface area (Å²) in [5.74, 6) is -0.474. The molecule has 47 heavy (non-hydrogen) atoms. The van der Waals surface area contributed by atoms with Crippen molar-refractivity contribution in [3.63, 3.8) is 0 Å². The van der Waals surface area contributed by atoms with E-state index in [1.165, 1.54) is 12.8 Å². The Hall–Kier alpha value is -4.66. The number of hydrogen-bond acceptors (Lipinski definition) is 4. The van der Waals surface area contributed by atoms with Crippen molar-refractivity contribution >= 4 is 45.0 Å². The molecule has 0 bridgehead atoms. The van der Waals surface area contributed by atoms with Gasteiger partial charge in [-0.05, 0) is 73.5 Å². The number of fused-ring (bicyclic) bond motifs is 2. The van der Waals surface area contributed by atoms with Crippen LogP contribution in [0.3, 0.4) is 0 Å². The highest BCUT2D eigenvalue weighted by molar-refractivity contribution is 6.08. The van der Waals surface area contributed by atoms with Gasteiger partial charge in [-0.2, -0.15) is 9.13 Å². The van der Waals surface area contributed by atoms with E-state index in [1.807, 2.05) is 66.9 Å². The van der Waals surface area contributed by atoms with Crippen LogP contribution in [0.2, 0.25) is 0 Å². The van der Waals surface area contributed by atoms with E-state index < -0.39 is 0 Å². The molecule has 0 aliphatic heterocycles. The lowest BCUT2D eigenvalue weighted by molar-refractivity contribution is -0.673. The fourth-order valence-corrected chi connectivity index (χ4v) is 5.52. The zero-order valence-corrected chi connectivity index (χ0v) is 27.5. The van der Waals surface area contributed by atoms with Crippen molar-refractivity contribution in [2.24, 2.45) is 0 Å². The van der Waals surface area contributed by atoms with Crippen molar-refractivity contribution in [2.45, 2.75) is 59.0 Å². The van der Waals surface area contributed by atoms with Gasteiger partial charge in [-0.1, -0.05) is 33.1 Å². The number of rotatable bonds is 17. The molecule has 0 spiro atoms. The van der Waals surface area contributed by atoms with Gasteiger partial charge in [-0.15, -0.1) is 0 Å². The first kappa shape index (κ1) is 33.7. The SMILES string of the molecule is CCCCCOCC[n+]1cccc2cc(NC(=O)c3ccc(C(=O)Nc4ccc5c(ccc[n+]5CCOCCCC)c4)cc3)ccc21. The number of carbonyl (C=O) groups excluding carboxylic acids is 2. The van der Waals surface area contributed by atoms with Crippen LogP contribution < -0.4 is 19.8 Å². The normalized spacial score (nSPS) is 11.2. The Kier molecular flexibility index (Phi) is 12.4. The number of carbonyl (C=O) groups is 2. The second-order valence-corrected chi connectivity index (χ2v) is 11.7.